The maximum Gasteiger partial charge on any atom is 0.348 e. The first-order valence-corrected chi connectivity index (χ1v) is 10.4. The van der Waals surface area contributed by atoms with Gasteiger partial charge in [0.05, 0.1) is 21.5 Å². The number of nitrogens with zero attached hydrogens (tertiary/aromatic N) is 2. The van der Waals surface area contributed by atoms with Gasteiger partial charge in [0, 0.05) is 24.4 Å². The lowest BCUT2D eigenvalue weighted by Crippen LogP contribution is -2.28. The van der Waals surface area contributed by atoms with E-state index in [4.69, 9.17) is 28.3 Å². The fourth-order valence-corrected chi connectivity index (χ4v) is 4.31. The molecule has 0 fully saturated rings. The van der Waals surface area contributed by atoms with Gasteiger partial charge < -0.3 is 10.4 Å². The molecule has 0 atom stereocenters. The minimum absolute atomic E-state index is 0.0317. The Labute approximate surface area is 170 Å². The predicted octanol–water partition coefficient (Wildman–Crippen LogP) is 3.15. The molecule has 1 aromatic heterocycles. The summed E-state index contributed by atoms with van der Waals surface area (Å²) >= 11 is 13.3. The lowest BCUT2D eigenvalue weighted by molar-refractivity contribution is -0.113. The van der Waals surface area contributed by atoms with Crippen molar-refractivity contribution in [2.75, 3.05) is 17.7 Å². The maximum absolute atomic E-state index is 12.3. The van der Waals surface area contributed by atoms with Crippen molar-refractivity contribution in [2.45, 2.75) is 37.3 Å². The van der Waals surface area contributed by atoms with Gasteiger partial charge in [-0.3, -0.25) is 9.36 Å². The van der Waals surface area contributed by atoms with E-state index < -0.39 is 0 Å². The molecule has 0 radical (unpaired) electrons. The number of nitrogens with one attached hydrogen (secondary N) is 1. The van der Waals surface area contributed by atoms with Crippen molar-refractivity contribution < 1.29 is 9.90 Å². The Bertz CT molecular complexity index is 917. The molecule has 0 saturated heterocycles. The Kier molecular flexibility index (Phi) is 6.81. The highest BCUT2D eigenvalue weighted by Gasteiger charge is 2.22. The molecular formula is C18H19Cl2N3O3S. The number of hydrogen-bond acceptors (Lipinski definition) is 5. The van der Waals surface area contributed by atoms with Crippen LogP contribution in [-0.4, -0.2) is 32.9 Å². The SMILES string of the molecule is O=C(CSc1nc(=O)n(CCCO)c2c1CCC2)Nc1cccc(Cl)c1Cl. The van der Waals surface area contributed by atoms with E-state index in [1.807, 2.05) is 0 Å². The second-order valence-electron chi connectivity index (χ2n) is 6.15. The Hall–Kier alpha value is -1.54. The van der Waals surface area contributed by atoms with Crippen molar-refractivity contribution >= 4 is 46.6 Å². The normalized spacial score (nSPS) is 12.9. The zero-order chi connectivity index (χ0) is 19.4. The van der Waals surface area contributed by atoms with E-state index in [-0.39, 0.29) is 24.0 Å². The first-order chi connectivity index (χ1) is 13.0. The molecule has 2 aromatic rings. The number of carbonyl (C=O) groups excluding carboxylic acids is 1. The molecule has 0 bridgehead atoms. The standard InChI is InChI=1S/C18H19Cl2N3O3S/c19-12-5-2-6-13(16(12)20)21-15(25)10-27-17-11-4-1-7-14(11)23(8-3-9-24)18(26)22-17/h2,5-6,24H,1,3-4,7-10H2,(H,21,25). The topological polar surface area (TPSA) is 84.2 Å². The summed E-state index contributed by atoms with van der Waals surface area (Å²) in [6.07, 6.45) is 3.13. The maximum atomic E-state index is 12.3. The van der Waals surface area contributed by atoms with Gasteiger partial charge in [0.15, 0.2) is 0 Å². The van der Waals surface area contributed by atoms with Gasteiger partial charge in [0.25, 0.3) is 0 Å². The van der Waals surface area contributed by atoms with Crippen molar-refractivity contribution in [1.29, 1.82) is 0 Å². The Morgan fingerprint density at radius 1 is 1.33 bits per heavy atom. The van der Waals surface area contributed by atoms with Gasteiger partial charge in [-0.25, -0.2) is 4.79 Å². The van der Waals surface area contributed by atoms with E-state index >= 15 is 0 Å². The fraction of sp³-hybridized carbons (Fsp3) is 0.389. The van der Waals surface area contributed by atoms with E-state index in [0.717, 1.165) is 30.5 Å². The number of hydrogen-bond donors (Lipinski definition) is 2. The molecule has 9 heteroatoms. The minimum Gasteiger partial charge on any atom is -0.396 e. The molecule has 0 aliphatic heterocycles. The van der Waals surface area contributed by atoms with Crippen molar-refractivity contribution in [3.63, 3.8) is 0 Å². The molecule has 1 aromatic carbocycles. The highest BCUT2D eigenvalue weighted by Crippen LogP contribution is 2.31. The molecule has 1 amide bonds. The van der Waals surface area contributed by atoms with Gasteiger partial charge in [-0.15, -0.1) is 0 Å². The van der Waals surface area contributed by atoms with Crippen molar-refractivity contribution in [3.8, 4) is 0 Å². The molecule has 1 aliphatic carbocycles. The Morgan fingerprint density at radius 3 is 2.93 bits per heavy atom. The largest absolute Gasteiger partial charge is 0.396 e. The van der Waals surface area contributed by atoms with Crippen LogP contribution < -0.4 is 11.0 Å². The van der Waals surface area contributed by atoms with E-state index in [2.05, 4.69) is 10.3 Å². The fourth-order valence-electron chi connectivity index (χ4n) is 3.09. The highest BCUT2D eigenvalue weighted by molar-refractivity contribution is 8.00. The van der Waals surface area contributed by atoms with Crippen LogP contribution in [0.5, 0.6) is 0 Å². The summed E-state index contributed by atoms with van der Waals surface area (Å²) in [5.74, 6) is -0.135. The quantitative estimate of drug-likeness (QED) is 0.523. The smallest absolute Gasteiger partial charge is 0.348 e. The monoisotopic (exact) mass is 427 g/mol. The van der Waals surface area contributed by atoms with Gasteiger partial charge in [-0.2, -0.15) is 4.98 Å². The summed E-state index contributed by atoms with van der Waals surface area (Å²) in [7, 11) is 0. The van der Waals surface area contributed by atoms with E-state index in [9.17, 15) is 9.59 Å². The molecule has 0 spiro atoms. The van der Waals surface area contributed by atoms with Crippen LogP contribution in [0.15, 0.2) is 28.0 Å². The summed E-state index contributed by atoms with van der Waals surface area (Å²) in [5, 5.41) is 13.0. The number of anilines is 1. The third-order valence-electron chi connectivity index (χ3n) is 4.31. The van der Waals surface area contributed by atoms with Gasteiger partial charge in [0.2, 0.25) is 5.91 Å². The van der Waals surface area contributed by atoms with Gasteiger partial charge in [-0.1, -0.05) is 41.0 Å². The molecule has 27 heavy (non-hydrogen) atoms. The number of halogens is 2. The molecular weight excluding hydrogens is 409 g/mol. The molecule has 0 unspecified atom stereocenters. The number of amides is 1. The molecule has 3 rings (SSSR count). The van der Waals surface area contributed by atoms with Gasteiger partial charge in [-0.05, 0) is 37.8 Å². The van der Waals surface area contributed by atoms with Crippen LogP contribution >= 0.6 is 35.0 Å². The average Bonchev–Trinajstić information content (AvgIpc) is 3.13. The van der Waals surface area contributed by atoms with Crippen LogP contribution in [0.25, 0.3) is 0 Å². The van der Waals surface area contributed by atoms with Gasteiger partial charge >= 0.3 is 5.69 Å². The number of carbonyl (C=O) groups is 1. The number of aromatic nitrogens is 2. The second-order valence-corrected chi connectivity index (χ2v) is 7.89. The average molecular weight is 428 g/mol. The number of fused-ring (bicyclic) bond motifs is 1. The van der Waals surface area contributed by atoms with Gasteiger partial charge in [0.1, 0.15) is 5.03 Å². The lowest BCUT2D eigenvalue weighted by atomic mass is 10.2. The Morgan fingerprint density at radius 2 is 2.15 bits per heavy atom. The number of aliphatic hydroxyl groups is 1. The molecule has 1 aliphatic rings. The van der Waals surface area contributed by atoms with Crippen LogP contribution in [0, 0.1) is 0 Å². The molecule has 6 nitrogen and oxygen atoms in total. The van der Waals surface area contributed by atoms with E-state index in [1.54, 1.807) is 22.8 Å². The van der Waals surface area contributed by atoms with Crippen LogP contribution in [0.4, 0.5) is 5.69 Å². The number of aliphatic hydroxyl groups excluding tert-OH is 1. The van der Waals surface area contributed by atoms with Crippen LogP contribution in [0.2, 0.25) is 10.0 Å². The van der Waals surface area contributed by atoms with Crippen molar-refractivity contribution in [2.24, 2.45) is 0 Å². The molecule has 144 valence electrons. The van der Waals surface area contributed by atoms with Crippen LogP contribution in [0.3, 0.4) is 0 Å². The summed E-state index contributed by atoms with van der Waals surface area (Å²) in [6.45, 7) is 0.493. The molecule has 2 N–H and O–H groups in total. The molecule has 0 saturated carbocycles. The first kappa shape index (κ1) is 20.2. The summed E-state index contributed by atoms with van der Waals surface area (Å²) in [6, 6.07) is 5.03. The Balaban J connectivity index is 1.72. The third-order valence-corrected chi connectivity index (χ3v) is 6.14. The highest BCUT2D eigenvalue weighted by atomic mass is 35.5. The predicted molar refractivity (Wildman–Crippen MR) is 108 cm³/mol. The van der Waals surface area contributed by atoms with E-state index in [0.29, 0.717) is 33.7 Å². The van der Waals surface area contributed by atoms with E-state index in [1.165, 1.54) is 11.8 Å². The number of rotatable bonds is 7. The number of thioether (sulfide) groups is 1. The second kappa shape index (κ2) is 9.10. The van der Waals surface area contributed by atoms with Crippen molar-refractivity contribution in [1.82, 2.24) is 9.55 Å². The van der Waals surface area contributed by atoms with Crippen LogP contribution in [-0.2, 0) is 24.2 Å². The zero-order valence-corrected chi connectivity index (χ0v) is 16.8. The minimum atomic E-state index is -0.329. The lowest BCUT2D eigenvalue weighted by Gasteiger charge is -2.14. The summed E-state index contributed by atoms with van der Waals surface area (Å²) < 4.78 is 1.65. The zero-order valence-electron chi connectivity index (χ0n) is 14.5. The first-order valence-electron chi connectivity index (χ1n) is 8.61. The van der Waals surface area contributed by atoms with Crippen molar-refractivity contribution in [3.05, 3.63) is 50.0 Å². The number of benzene rings is 1. The summed E-state index contributed by atoms with van der Waals surface area (Å²) in [5.41, 5.74) is 2.13. The van der Waals surface area contributed by atoms with Crippen LogP contribution in [0.1, 0.15) is 24.1 Å². The summed E-state index contributed by atoms with van der Waals surface area (Å²) in [4.78, 5) is 28.8. The third kappa shape index (κ3) is 4.66. The molecule has 1 heterocycles.